The molecule has 3 unspecified atom stereocenters. The lowest BCUT2D eigenvalue weighted by Gasteiger charge is -2.34. The lowest BCUT2D eigenvalue weighted by molar-refractivity contribution is 0.101. The fraction of sp³-hybridized carbons (Fsp3) is 0.684. The standard InChI is InChI=1S/C19H31NO/c1-5-14-7-12-17(20)18(13-14)21-16-10-8-15(9-11-16)19(3,4)6-2/h8-11,14,17-18H,5-7,12-13,20H2,1-4H3. The Morgan fingerprint density at radius 2 is 1.81 bits per heavy atom. The van der Waals surface area contributed by atoms with Crippen LogP contribution in [0.2, 0.25) is 0 Å². The van der Waals surface area contributed by atoms with E-state index in [9.17, 15) is 0 Å². The first-order valence-electron chi connectivity index (χ1n) is 8.49. The lowest BCUT2D eigenvalue weighted by Crippen LogP contribution is -2.43. The molecule has 1 aliphatic rings. The van der Waals surface area contributed by atoms with Crippen LogP contribution in [0.15, 0.2) is 24.3 Å². The first-order valence-corrected chi connectivity index (χ1v) is 8.49. The third-order valence-electron chi connectivity index (χ3n) is 5.34. The summed E-state index contributed by atoms with van der Waals surface area (Å²) in [6.07, 6.45) is 5.98. The van der Waals surface area contributed by atoms with Gasteiger partial charge >= 0.3 is 0 Å². The number of benzene rings is 1. The maximum atomic E-state index is 6.24. The highest BCUT2D eigenvalue weighted by Gasteiger charge is 2.29. The lowest BCUT2D eigenvalue weighted by atomic mass is 9.82. The van der Waals surface area contributed by atoms with Crippen LogP contribution in [0.5, 0.6) is 5.75 Å². The third-order valence-corrected chi connectivity index (χ3v) is 5.34. The van der Waals surface area contributed by atoms with Crippen LogP contribution in [0.1, 0.15) is 65.4 Å². The van der Waals surface area contributed by atoms with Gasteiger partial charge in [0, 0.05) is 6.04 Å². The molecule has 2 N–H and O–H groups in total. The molecule has 1 saturated carbocycles. The highest BCUT2D eigenvalue weighted by atomic mass is 16.5. The molecule has 0 amide bonds. The Morgan fingerprint density at radius 3 is 2.38 bits per heavy atom. The van der Waals surface area contributed by atoms with Crippen molar-refractivity contribution in [1.82, 2.24) is 0 Å². The Balaban J connectivity index is 2.02. The zero-order valence-corrected chi connectivity index (χ0v) is 14.1. The Kier molecular flexibility index (Phi) is 5.32. The molecule has 21 heavy (non-hydrogen) atoms. The Morgan fingerprint density at radius 1 is 1.14 bits per heavy atom. The molecule has 2 rings (SSSR count). The summed E-state index contributed by atoms with van der Waals surface area (Å²) in [4.78, 5) is 0. The van der Waals surface area contributed by atoms with E-state index < -0.39 is 0 Å². The van der Waals surface area contributed by atoms with Gasteiger partial charge in [-0.1, -0.05) is 46.2 Å². The predicted molar refractivity (Wildman–Crippen MR) is 89.8 cm³/mol. The van der Waals surface area contributed by atoms with Crippen molar-refractivity contribution in [2.75, 3.05) is 0 Å². The van der Waals surface area contributed by atoms with Gasteiger partial charge in [0.25, 0.3) is 0 Å². The van der Waals surface area contributed by atoms with Gasteiger partial charge in [-0.15, -0.1) is 0 Å². The minimum absolute atomic E-state index is 0.175. The maximum absolute atomic E-state index is 6.24. The van der Waals surface area contributed by atoms with Gasteiger partial charge in [0.05, 0.1) is 0 Å². The zero-order valence-electron chi connectivity index (χ0n) is 14.1. The highest BCUT2D eigenvalue weighted by molar-refractivity contribution is 5.31. The fourth-order valence-corrected chi connectivity index (χ4v) is 3.11. The van der Waals surface area contributed by atoms with Gasteiger partial charge < -0.3 is 10.5 Å². The van der Waals surface area contributed by atoms with E-state index in [2.05, 4.69) is 52.0 Å². The van der Waals surface area contributed by atoms with Gasteiger partial charge in [-0.25, -0.2) is 0 Å². The number of hydrogen-bond acceptors (Lipinski definition) is 2. The van der Waals surface area contributed by atoms with Gasteiger partial charge in [-0.05, 0) is 54.7 Å². The van der Waals surface area contributed by atoms with Crippen LogP contribution in [-0.4, -0.2) is 12.1 Å². The zero-order chi connectivity index (χ0) is 15.5. The summed E-state index contributed by atoms with van der Waals surface area (Å²) in [6, 6.07) is 8.79. The number of ether oxygens (including phenoxy) is 1. The summed E-state index contributed by atoms with van der Waals surface area (Å²) >= 11 is 0. The second kappa shape index (κ2) is 6.83. The van der Waals surface area contributed by atoms with Crippen molar-refractivity contribution in [3.8, 4) is 5.75 Å². The molecule has 0 bridgehead atoms. The van der Waals surface area contributed by atoms with E-state index in [1.807, 2.05) is 0 Å². The molecular weight excluding hydrogens is 258 g/mol. The Labute approximate surface area is 130 Å². The van der Waals surface area contributed by atoms with Gasteiger partial charge in [-0.3, -0.25) is 0 Å². The van der Waals surface area contributed by atoms with E-state index in [0.29, 0.717) is 0 Å². The molecule has 1 fully saturated rings. The molecule has 0 spiro atoms. The first-order chi connectivity index (χ1) is 9.96. The summed E-state index contributed by atoms with van der Waals surface area (Å²) in [6.45, 7) is 9.06. The van der Waals surface area contributed by atoms with E-state index in [1.54, 1.807) is 0 Å². The van der Waals surface area contributed by atoms with Crippen LogP contribution in [0.4, 0.5) is 0 Å². The quantitative estimate of drug-likeness (QED) is 0.855. The van der Waals surface area contributed by atoms with E-state index >= 15 is 0 Å². The van der Waals surface area contributed by atoms with Crippen molar-refractivity contribution < 1.29 is 4.74 Å². The van der Waals surface area contributed by atoms with Crippen LogP contribution < -0.4 is 10.5 Å². The minimum Gasteiger partial charge on any atom is -0.489 e. The normalized spacial score (nSPS) is 26.6. The van der Waals surface area contributed by atoms with Crippen LogP contribution in [-0.2, 0) is 5.41 Å². The second-order valence-corrected chi connectivity index (χ2v) is 7.17. The molecular formula is C19H31NO. The molecule has 0 heterocycles. The second-order valence-electron chi connectivity index (χ2n) is 7.17. The average molecular weight is 289 g/mol. The Hall–Kier alpha value is -1.02. The average Bonchev–Trinajstić information content (AvgIpc) is 2.50. The van der Waals surface area contributed by atoms with Crippen molar-refractivity contribution in [2.45, 2.75) is 77.4 Å². The van der Waals surface area contributed by atoms with Gasteiger partial charge in [0.1, 0.15) is 11.9 Å². The summed E-state index contributed by atoms with van der Waals surface area (Å²) in [7, 11) is 0. The maximum Gasteiger partial charge on any atom is 0.119 e. The molecule has 0 radical (unpaired) electrons. The smallest absolute Gasteiger partial charge is 0.119 e. The monoisotopic (exact) mass is 289 g/mol. The van der Waals surface area contributed by atoms with Crippen LogP contribution in [0.3, 0.4) is 0 Å². The van der Waals surface area contributed by atoms with E-state index in [0.717, 1.165) is 30.9 Å². The molecule has 118 valence electrons. The van der Waals surface area contributed by atoms with E-state index in [1.165, 1.54) is 18.4 Å². The van der Waals surface area contributed by atoms with Gasteiger partial charge in [-0.2, -0.15) is 0 Å². The van der Waals surface area contributed by atoms with Crippen molar-refractivity contribution in [1.29, 1.82) is 0 Å². The summed E-state index contributed by atoms with van der Waals surface area (Å²) < 4.78 is 6.18. The summed E-state index contributed by atoms with van der Waals surface area (Å²) in [5.74, 6) is 1.73. The molecule has 0 aliphatic heterocycles. The molecule has 0 aromatic heterocycles. The molecule has 3 atom stereocenters. The van der Waals surface area contributed by atoms with Gasteiger partial charge in [0.2, 0.25) is 0 Å². The predicted octanol–water partition coefficient (Wildman–Crippen LogP) is 4.66. The number of rotatable bonds is 5. The fourth-order valence-electron chi connectivity index (χ4n) is 3.11. The van der Waals surface area contributed by atoms with Crippen LogP contribution >= 0.6 is 0 Å². The number of nitrogens with two attached hydrogens (primary N) is 1. The Bertz CT molecular complexity index is 437. The highest BCUT2D eigenvalue weighted by Crippen LogP contribution is 2.31. The number of hydrogen-bond donors (Lipinski definition) is 1. The molecule has 2 nitrogen and oxygen atoms in total. The summed E-state index contributed by atoms with van der Waals surface area (Å²) in [5, 5.41) is 0. The molecule has 1 aromatic carbocycles. The molecule has 2 heteroatoms. The minimum atomic E-state index is 0.175. The molecule has 1 aliphatic carbocycles. The van der Waals surface area contributed by atoms with Crippen molar-refractivity contribution >= 4 is 0 Å². The van der Waals surface area contributed by atoms with E-state index in [-0.39, 0.29) is 17.6 Å². The summed E-state index contributed by atoms with van der Waals surface area (Å²) in [5.41, 5.74) is 7.84. The van der Waals surface area contributed by atoms with Crippen LogP contribution in [0.25, 0.3) is 0 Å². The van der Waals surface area contributed by atoms with Crippen molar-refractivity contribution in [3.63, 3.8) is 0 Å². The molecule has 0 saturated heterocycles. The first kappa shape index (κ1) is 16.4. The largest absolute Gasteiger partial charge is 0.489 e. The van der Waals surface area contributed by atoms with Gasteiger partial charge in [0.15, 0.2) is 0 Å². The third kappa shape index (κ3) is 4.00. The van der Waals surface area contributed by atoms with Crippen molar-refractivity contribution in [2.24, 2.45) is 11.7 Å². The van der Waals surface area contributed by atoms with E-state index in [4.69, 9.17) is 10.5 Å². The van der Waals surface area contributed by atoms with Crippen molar-refractivity contribution in [3.05, 3.63) is 29.8 Å². The molecule has 1 aromatic rings. The SMILES string of the molecule is CCC1CCC(N)C(Oc2ccc(C(C)(C)CC)cc2)C1. The van der Waals surface area contributed by atoms with Crippen LogP contribution in [0, 0.1) is 5.92 Å². The topological polar surface area (TPSA) is 35.2 Å².